The third-order valence-corrected chi connectivity index (χ3v) is 2.26. The van der Waals surface area contributed by atoms with E-state index in [-0.39, 0.29) is 18.9 Å². The summed E-state index contributed by atoms with van der Waals surface area (Å²) >= 11 is 0. The van der Waals surface area contributed by atoms with Gasteiger partial charge in [0.25, 0.3) is 0 Å². The first-order chi connectivity index (χ1) is 6.92. The Kier molecular flexibility index (Phi) is 4.92. The van der Waals surface area contributed by atoms with Crippen LogP contribution in [0.2, 0.25) is 0 Å². The van der Waals surface area contributed by atoms with Crippen molar-refractivity contribution in [1.29, 1.82) is 0 Å². The third-order valence-electron chi connectivity index (χ3n) is 2.02. The van der Waals surface area contributed by atoms with E-state index in [4.69, 9.17) is 4.52 Å². The van der Waals surface area contributed by atoms with Gasteiger partial charge in [0, 0.05) is 5.75 Å². The molecule has 0 spiro atoms. The normalized spacial score (nSPS) is 9.13. The summed E-state index contributed by atoms with van der Waals surface area (Å²) in [5, 5.41) is 0. The smallest absolute Gasteiger partial charge is 0.505 e. The molecule has 15 heavy (non-hydrogen) atoms. The van der Waals surface area contributed by atoms with Crippen molar-refractivity contribution in [3.05, 3.63) is 54.6 Å². The van der Waals surface area contributed by atoms with Gasteiger partial charge in [-0.2, -0.15) is 18.2 Å². The molecule has 0 aliphatic rings. The minimum atomic E-state index is 0. The van der Waals surface area contributed by atoms with Crippen molar-refractivity contribution in [3.63, 3.8) is 0 Å². The summed E-state index contributed by atoms with van der Waals surface area (Å²) in [6.07, 6.45) is 0. The van der Waals surface area contributed by atoms with Crippen molar-refractivity contribution < 1.29 is 23.4 Å². The van der Waals surface area contributed by atoms with Crippen LogP contribution in [0, 0.1) is 6.07 Å². The summed E-state index contributed by atoms with van der Waals surface area (Å²) < 4.78 is 5.16. The molecule has 0 amide bonds. The molecule has 1 unspecified atom stereocenters. The van der Waals surface area contributed by atoms with Gasteiger partial charge in [-0.1, -0.05) is 41.5 Å². The Labute approximate surface area is 104 Å². The van der Waals surface area contributed by atoms with E-state index in [0.717, 1.165) is 16.9 Å². The Morgan fingerprint density at radius 3 is 2.40 bits per heavy atom. The van der Waals surface area contributed by atoms with Crippen LogP contribution in [0.15, 0.2) is 48.5 Å². The summed E-state index contributed by atoms with van der Waals surface area (Å²) in [5.41, 5.74) is 2.20. The number of hydrogen-bond acceptors (Lipinski definition) is 1. The fourth-order valence-corrected chi connectivity index (χ4v) is 1.56. The van der Waals surface area contributed by atoms with Gasteiger partial charge in [0.2, 0.25) is 0 Å². The van der Waals surface area contributed by atoms with Gasteiger partial charge in [-0.25, -0.2) is 0 Å². The Hall–Kier alpha value is -0.733. The number of hydrogen-bond donors (Lipinski definition) is 0. The second-order valence-electron chi connectivity index (χ2n) is 2.90. The van der Waals surface area contributed by atoms with Crippen molar-refractivity contribution in [1.82, 2.24) is 0 Å². The third kappa shape index (κ3) is 2.86. The fourth-order valence-electron chi connectivity index (χ4n) is 1.36. The molecule has 0 saturated heterocycles. The molecule has 0 saturated carbocycles. The number of benzene rings is 2. The summed E-state index contributed by atoms with van der Waals surface area (Å²) in [5.74, 6) is 0.753. The fraction of sp³-hybridized carbons (Fsp3) is 0. The summed E-state index contributed by atoms with van der Waals surface area (Å²) in [4.78, 5) is 0. The summed E-state index contributed by atoms with van der Waals surface area (Å²) in [6, 6.07) is 19.0. The zero-order chi connectivity index (χ0) is 9.80. The maximum atomic E-state index is 5.16. The van der Waals surface area contributed by atoms with E-state index in [0.29, 0.717) is 0 Å². The van der Waals surface area contributed by atoms with E-state index in [1.165, 1.54) is 0 Å². The zero-order valence-electron chi connectivity index (χ0n) is 8.60. The van der Waals surface area contributed by atoms with Crippen LogP contribution in [0.25, 0.3) is 11.1 Å². The molecule has 70 valence electrons. The molecule has 1 atom stereocenters. The Morgan fingerprint density at radius 2 is 1.73 bits per heavy atom. The summed E-state index contributed by atoms with van der Waals surface area (Å²) in [6.45, 7) is 0. The van der Waals surface area contributed by atoms with E-state index in [1.807, 2.05) is 36.4 Å². The van der Waals surface area contributed by atoms with Crippen LogP contribution in [0.3, 0.4) is 0 Å². The first-order valence-electron chi connectivity index (χ1n) is 4.34. The minimum Gasteiger partial charge on any atom is -0.505 e. The van der Waals surface area contributed by atoms with Crippen LogP contribution in [0.1, 0.15) is 0 Å². The van der Waals surface area contributed by atoms with Gasteiger partial charge < -0.3 is 4.52 Å². The quantitative estimate of drug-likeness (QED) is 0.392. The van der Waals surface area contributed by atoms with Crippen molar-refractivity contribution in [2.45, 2.75) is 0 Å². The molecule has 0 bridgehead atoms. The molecule has 0 heterocycles. The van der Waals surface area contributed by atoms with E-state index in [1.54, 1.807) is 0 Å². The monoisotopic (exact) mass is 208 g/mol. The molecule has 0 N–H and O–H groups in total. The topological polar surface area (TPSA) is 9.23 Å². The molecule has 0 aromatic heterocycles. The van der Waals surface area contributed by atoms with E-state index in [9.17, 15) is 0 Å². The van der Waals surface area contributed by atoms with E-state index < -0.39 is 0 Å². The molecule has 0 fully saturated rings. The van der Waals surface area contributed by atoms with Gasteiger partial charge in [0.05, 0.1) is 9.47 Å². The van der Waals surface area contributed by atoms with Crippen LogP contribution >= 0.6 is 9.47 Å². The van der Waals surface area contributed by atoms with E-state index in [2.05, 4.69) is 27.7 Å². The van der Waals surface area contributed by atoms with Gasteiger partial charge in [-0.3, -0.25) is 0 Å². The zero-order valence-corrected chi connectivity index (χ0v) is 9.76. The SMILES string of the molecule is POc1[c-]cccc1-c1ccccc1.[Li+]. The molecule has 0 radical (unpaired) electrons. The maximum Gasteiger partial charge on any atom is 1.00 e. The Balaban J connectivity index is 0.00000112. The molecule has 2 rings (SSSR count). The molecule has 1 nitrogen and oxygen atoms in total. The standard InChI is InChI=1S/C12H10OP.Li/c14-13-12-9-5-4-8-11(12)10-6-2-1-3-7-10;/h1-8H,14H2;/q-1;+1. The van der Waals surface area contributed by atoms with Gasteiger partial charge in [0.15, 0.2) is 0 Å². The average Bonchev–Trinajstić information content (AvgIpc) is 2.30. The predicted molar refractivity (Wildman–Crippen MR) is 61.1 cm³/mol. The van der Waals surface area contributed by atoms with Crippen LogP contribution < -0.4 is 23.4 Å². The van der Waals surface area contributed by atoms with Gasteiger partial charge >= 0.3 is 18.9 Å². The van der Waals surface area contributed by atoms with Gasteiger partial charge in [0.1, 0.15) is 0 Å². The summed E-state index contributed by atoms with van der Waals surface area (Å²) in [7, 11) is 2.25. The van der Waals surface area contributed by atoms with Gasteiger partial charge in [-0.05, 0) is 0 Å². The molecule has 2 aromatic carbocycles. The minimum absolute atomic E-state index is 0. The van der Waals surface area contributed by atoms with Crippen molar-refractivity contribution >= 4 is 9.47 Å². The molecule has 2 aromatic rings. The van der Waals surface area contributed by atoms with Crippen molar-refractivity contribution in [2.24, 2.45) is 0 Å². The largest absolute Gasteiger partial charge is 1.00 e. The van der Waals surface area contributed by atoms with Crippen LogP contribution in [0.5, 0.6) is 5.75 Å². The van der Waals surface area contributed by atoms with E-state index >= 15 is 0 Å². The van der Waals surface area contributed by atoms with Crippen LogP contribution in [0.4, 0.5) is 0 Å². The first-order valence-corrected chi connectivity index (χ1v) is 4.82. The predicted octanol–water partition coefficient (Wildman–Crippen LogP) is 0.327. The molecular formula is C12H10LiOP. The van der Waals surface area contributed by atoms with Crippen molar-refractivity contribution in [3.8, 4) is 16.9 Å². The number of para-hydroxylation sites is 1. The average molecular weight is 208 g/mol. The van der Waals surface area contributed by atoms with Crippen LogP contribution in [-0.4, -0.2) is 0 Å². The van der Waals surface area contributed by atoms with Crippen LogP contribution in [-0.2, 0) is 0 Å². The second-order valence-corrected chi connectivity index (χ2v) is 3.13. The Bertz CT molecular complexity index is 417. The van der Waals surface area contributed by atoms with Crippen molar-refractivity contribution in [2.75, 3.05) is 0 Å². The number of rotatable bonds is 2. The molecule has 3 heteroatoms. The second kappa shape index (κ2) is 5.98. The molecular weight excluding hydrogens is 198 g/mol. The maximum absolute atomic E-state index is 5.16. The molecule has 0 aliphatic carbocycles. The Morgan fingerprint density at radius 1 is 1.00 bits per heavy atom. The molecule has 0 aliphatic heterocycles. The first kappa shape index (κ1) is 12.3. The van der Waals surface area contributed by atoms with Gasteiger partial charge in [-0.15, -0.1) is 6.07 Å².